The molecule has 0 saturated carbocycles. The van der Waals surface area contributed by atoms with Crippen LogP contribution < -0.4 is 11.1 Å². The number of hydrogen-bond donors (Lipinski definition) is 2. The van der Waals surface area contributed by atoms with Gasteiger partial charge in [-0.2, -0.15) is 11.8 Å². The summed E-state index contributed by atoms with van der Waals surface area (Å²) in [5.74, 6) is 1.79. The lowest BCUT2D eigenvalue weighted by Crippen LogP contribution is -2.13. The summed E-state index contributed by atoms with van der Waals surface area (Å²) in [6, 6.07) is 0. The fourth-order valence-electron chi connectivity index (χ4n) is 0.828. The molecule has 6 heteroatoms. The van der Waals surface area contributed by atoms with Gasteiger partial charge in [-0.15, -0.1) is 0 Å². The molecule has 0 spiro atoms. The van der Waals surface area contributed by atoms with Gasteiger partial charge in [0.2, 0.25) is 0 Å². The van der Waals surface area contributed by atoms with E-state index in [2.05, 4.69) is 21.5 Å². The van der Waals surface area contributed by atoms with Gasteiger partial charge in [-0.3, -0.25) is 0 Å². The van der Waals surface area contributed by atoms with Crippen molar-refractivity contribution < 1.29 is 0 Å². The van der Waals surface area contributed by atoms with Crippen molar-refractivity contribution in [3.63, 3.8) is 0 Å². The van der Waals surface area contributed by atoms with Gasteiger partial charge in [-0.25, -0.2) is 9.97 Å². The summed E-state index contributed by atoms with van der Waals surface area (Å²) in [5, 5.41) is 3.13. The van der Waals surface area contributed by atoms with Gasteiger partial charge in [-0.05, 0) is 6.26 Å². The molecule has 76 valence electrons. The molecule has 0 unspecified atom stereocenters. The number of aromatic nitrogens is 2. The summed E-state index contributed by atoms with van der Waals surface area (Å²) in [6.07, 6.45) is 5.27. The lowest BCUT2D eigenvalue weighted by atomic mass is 10.4. The smallest absolute Gasteiger partial charge is 0.144 e. The van der Waals surface area contributed by atoms with Crippen LogP contribution in [0.15, 0.2) is 12.4 Å². The molecule has 0 amide bonds. The Hall–Kier alpha value is -0.880. The number of nitrogens with zero attached hydrogens (tertiary/aromatic N) is 2. The van der Waals surface area contributed by atoms with Crippen molar-refractivity contribution in [3.05, 3.63) is 18.1 Å². The van der Waals surface area contributed by atoms with Crippen LogP contribution in [0.4, 0.5) is 5.82 Å². The molecule has 0 aliphatic carbocycles. The molecule has 0 aliphatic rings. The second-order valence-electron chi connectivity index (χ2n) is 2.57. The average molecular weight is 228 g/mol. The maximum Gasteiger partial charge on any atom is 0.144 e. The van der Waals surface area contributed by atoms with Gasteiger partial charge in [0, 0.05) is 12.3 Å². The monoisotopic (exact) mass is 228 g/mol. The zero-order valence-corrected chi connectivity index (χ0v) is 9.49. The molecule has 0 atom stereocenters. The highest BCUT2D eigenvalue weighted by molar-refractivity contribution is 7.98. The maximum atomic E-state index is 5.39. The average Bonchev–Trinajstić information content (AvgIpc) is 2.19. The normalized spacial score (nSPS) is 9.79. The Kier molecular flexibility index (Phi) is 4.61. The Morgan fingerprint density at radius 3 is 2.86 bits per heavy atom. The van der Waals surface area contributed by atoms with E-state index < -0.39 is 0 Å². The van der Waals surface area contributed by atoms with E-state index in [9.17, 15) is 0 Å². The topological polar surface area (TPSA) is 63.8 Å². The number of rotatable bonds is 5. The Morgan fingerprint density at radius 1 is 1.57 bits per heavy atom. The fourth-order valence-corrected chi connectivity index (χ4v) is 1.24. The molecule has 1 rings (SSSR count). The van der Waals surface area contributed by atoms with Gasteiger partial charge >= 0.3 is 0 Å². The third-order valence-corrected chi connectivity index (χ3v) is 2.34. The minimum Gasteiger partial charge on any atom is -0.388 e. The highest BCUT2D eigenvalue weighted by Gasteiger charge is 1.98. The van der Waals surface area contributed by atoms with Crippen LogP contribution in [0.25, 0.3) is 0 Å². The van der Waals surface area contributed by atoms with Crippen LogP contribution in [0, 0.1) is 0 Å². The van der Waals surface area contributed by atoms with Gasteiger partial charge in [-0.1, -0.05) is 12.2 Å². The zero-order valence-electron chi connectivity index (χ0n) is 7.86. The fraction of sp³-hybridized carbons (Fsp3) is 0.375. The first-order valence-electron chi connectivity index (χ1n) is 4.08. The van der Waals surface area contributed by atoms with E-state index in [-0.39, 0.29) is 4.99 Å². The minimum atomic E-state index is 0.271. The lowest BCUT2D eigenvalue weighted by Gasteiger charge is -2.03. The number of nitrogens with one attached hydrogen (secondary N) is 1. The van der Waals surface area contributed by atoms with Crippen molar-refractivity contribution in [2.45, 2.75) is 0 Å². The van der Waals surface area contributed by atoms with E-state index in [0.717, 1.165) is 18.1 Å². The van der Waals surface area contributed by atoms with Crippen molar-refractivity contribution in [2.75, 3.05) is 23.9 Å². The van der Waals surface area contributed by atoms with Gasteiger partial charge < -0.3 is 11.1 Å². The Balaban J connectivity index is 2.51. The highest BCUT2D eigenvalue weighted by atomic mass is 32.2. The van der Waals surface area contributed by atoms with E-state index in [0.29, 0.717) is 5.69 Å². The molecule has 1 aromatic rings. The standard InChI is InChI=1S/C8H12N4S2/c1-14-3-2-10-7-5-11-6(4-12-7)8(9)13/h4-5H,2-3H2,1H3,(H2,9,13)(H,10,12). The molecule has 1 aromatic heterocycles. The predicted molar refractivity (Wildman–Crippen MR) is 64.8 cm³/mol. The Bertz CT molecular complexity index is 299. The van der Waals surface area contributed by atoms with Crippen LogP contribution in [-0.4, -0.2) is 33.5 Å². The van der Waals surface area contributed by atoms with E-state index in [1.54, 1.807) is 24.2 Å². The number of hydrogen-bond acceptors (Lipinski definition) is 5. The Morgan fingerprint density at radius 2 is 2.36 bits per heavy atom. The summed E-state index contributed by atoms with van der Waals surface area (Å²) in [4.78, 5) is 8.45. The molecule has 0 radical (unpaired) electrons. The van der Waals surface area contributed by atoms with Crippen molar-refractivity contribution >= 4 is 34.8 Å². The van der Waals surface area contributed by atoms with Crippen LogP contribution in [0.3, 0.4) is 0 Å². The van der Waals surface area contributed by atoms with Crippen LogP contribution in [-0.2, 0) is 0 Å². The van der Waals surface area contributed by atoms with Crippen molar-refractivity contribution in [2.24, 2.45) is 5.73 Å². The predicted octanol–water partition coefficient (Wildman–Crippen LogP) is 0.886. The SMILES string of the molecule is CSCCNc1cnc(C(N)=S)cn1. The van der Waals surface area contributed by atoms with Gasteiger partial charge in [0.25, 0.3) is 0 Å². The highest BCUT2D eigenvalue weighted by Crippen LogP contribution is 2.01. The Labute approximate surface area is 92.7 Å². The first-order valence-corrected chi connectivity index (χ1v) is 5.89. The largest absolute Gasteiger partial charge is 0.388 e. The summed E-state index contributed by atoms with van der Waals surface area (Å²) in [7, 11) is 0. The molecule has 1 heterocycles. The third-order valence-electron chi connectivity index (χ3n) is 1.52. The van der Waals surface area contributed by atoms with Crippen molar-refractivity contribution in [3.8, 4) is 0 Å². The molecule has 3 N–H and O–H groups in total. The van der Waals surface area contributed by atoms with Crippen LogP contribution in [0.1, 0.15) is 5.69 Å². The van der Waals surface area contributed by atoms with E-state index in [4.69, 9.17) is 18.0 Å². The summed E-state index contributed by atoms with van der Waals surface area (Å²) >= 11 is 6.54. The van der Waals surface area contributed by atoms with Crippen molar-refractivity contribution in [1.29, 1.82) is 0 Å². The maximum absolute atomic E-state index is 5.39. The van der Waals surface area contributed by atoms with Gasteiger partial charge in [0.1, 0.15) is 16.5 Å². The van der Waals surface area contributed by atoms with Gasteiger partial charge in [0.05, 0.1) is 12.4 Å². The minimum absolute atomic E-state index is 0.271. The molecule has 0 bridgehead atoms. The van der Waals surface area contributed by atoms with Crippen molar-refractivity contribution in [1.82, 2.24) is 9.97 Å². The number of anilines is 1. The van der Waals surface area contributed by atoms with E-state index in [1.807, 2.05) is 0 Å². The second-order valence-corrected chi connectivity index (χ2v) is 4.00. The second kappa shape index (κ2) is 5.77. The van der Waals surface area contributed by atoms with Gasteiger partial charge in [0.15, 0.2) is 0 Å². The molecule has 0 aromatic carbocycles. The molecule has 0 aliphatic heterocycles. The molecule has 0 fully saturated rings. The first kappa shape index (κ1) is 11.2. The summed E-state index contributed by atoms with van der Waals surface area (Å²) in [6.45, 7) is 0.877. The third kappa shape index (κ3) is 3.47. The molecular formula is C8H12N4S2. The zero-order chi connectivity index (χ0) is 10.4. The molecule has 0 saturated heterocycles. The van der Waals surface area contributed by atoms with E-state index >= 15 is 0 Å². The summed E-state index contributed by atoms with van der Waals surface area (Å²) < 4.78 is 0. The first-order chi connectivity index (χ1) is 6.74. The number of thiocarbonyl (C=S) groups is 1. The van der Waals surface area contributed by atoms with Crippen LogP contribution in [0.5, 0.6) is 0 Å². The quantitative estimate of drug-likeness (QED) is 0.576. The lowest BCUT2D eigenvalue weighted by molar-refractivity contribution is 1.12. The number of thioether (sulfide) groups is 1. The van der Waals surface area contributed by atoms with Crippen LogP contribution in [0.2, 0.25) is 0 Å². The molecule has 14 heavy (non-hydrogen) atoms. The molecule has 4 nitrogen and oxygen atoms in total. The summed E-state index contributed by atoms with van der Waals surface area (Å²) in [5.41, 5.74) is 5.94. The number of nitrogens with two attached hydrogens (primary N) is 1. The van der Waals surface area contributed by atoms with Crippen LogP contribution >= 0.6 is 24.0 Å². The molecular weight excluding hydrogens is 216 g/mol. The van der Waals surface area contributed by atoms with E-state index in [1.165, 1.54) is 0 Å².